The lowest BCUT2D eigenvalue weighted by atomic mass is 10.1. The maximum Gasteiger partial charge on any atom is 0.208 e. The highest BCUT2D eigenvalue weighted by Gasteiger charge is 2.27. The van der Waals surface area contributed by atoms with Crippen molar-refractivity contribution in [3.63, 3.8) is 0 Å². The van der Waals surface area contributed by atoms with Gasteiger partial charge in [0.05, 0.1) is 19.0 Å². The highest BCUT2D eigenvalue weighted by Crippen LogP contribution is 2.29. The number of hydrogen-bond donors (Lipinski definition) is 1. The van der Waals surface area contributed by atoms with Gasteiger partial charge >= 0.3 is 0 Å². The molecular weight excluding hydrogens is 324 g/mol. The molecule has 0 radical (unpaired) electrons. The van der Waals surface area contributed by atoms with E-state index in [0.717, 1.165) is 30.1 Å². The van der Waals surface area contributed by atoms with Gasteiger partial charge in [0.25, 0.3) is 0 Å². The van der Waals surface area contributed by atoms with Crippen molar-refractivity contribution >= 4 is 21.6 Å². The minimum Gasteiger partial charge on any atom is -0.371 e. The zero-order valence-electron chi connectivity index (χ0n) is 13.0. The summed E-state index contributed by atoms with van der Waals surface area (Å²) in [5.41, 5.74) is 1.01. The molecule has 1 aliphatic heterocycles. The first-order valence-electron chi connectivity index (χ1n) is 7.41. The molecule has 22 heavy (non-hydrogen) atoms. The molecule has 1 aromatic carbocycles. The quantitative estimate of drug-likeness (QED) is 0.801. The largest absolute Gasteiger partial charge is 0.371 e. The number of morpholine rings is 1. The van der Waals surface area contributed by atoms with Gasteiger partial charge in [0, 0.05) is 29.7 Å². The zero-order valence-corrected chi connectivity index (χ0v) is 14.5. The van der Waals surface area contributed by atoms with Crippen molar-refractivity contribution in [2.45, 2.75) is 25.5 Å². The van der Waals surface area contributed by atoms with Crippen LogP contribution in [0.1, 0.15) is 25.0 Å². The third kappa shape index (κ3) is 5.21. The Balaban J connectivity index is 1.90. The van der Waals surface area contributed by atoms with Crippen LogP contribution in [0.3, 0.4) is 0 Å². The Morgan fingerprint density at radius 3 is 2.82 bits per heavy atom. The fourth-order valence-corrected chi connectivity index (χ4v) is 3.35. The van der Waals surface area contributed by atoms with Gasteiger partial charge in [-0.2, -0.15) is 0 Å². The van der Waals surface area contributed by atoms with Crippen LogP contribution < -0.4 is 4.72 Å². The molecule has 1 fully saturated rings. The number of rotatable bonds is 6. The molecule has 0 aliphatic carbocycles. The summed E-state index contributed by atoms with van der Waals surface area (Å²) >= 11 is 6.24. The van der Waals surface area contributed by atoms with Crippen molar-refractivity contribution in [3.05, 3.63) is 34.9 Å². The molecule has 0 unspecified atom stereocenters. The third-order valence-electron chi connectivity index (χ3n) is 3.80. The lowest BCUT2D eigenvalue weighted by Crippen LogP contribution is -2.46. The first kappa shape index (κ1) is 17.7. The van der Waals surface area contributed by atoms with E-state index in [1.54, 1.807) is 0 Å². The van der Waals surface area contributed by atoms with E-state index in [4.69, 9.17) is 16.3 Å². The van der Waals surface area contributed by atoms with Gasteiger partial charge in [0.15, 0.2) is 0 Å². The Morgan fingerprint density at radius 2 is 2.14 bits per heavy atom. The Morgan fingerprint density at radius 1 is 1.41 bits per heavy atom. The summed E-state index contributed by atoms with van der Waals surface area (Å²) in [5.74, 6) is 0. The molecule has 0 amide bonds. The van der Waals surface area contributed by atoms with E-state index in [1.165, 1.54) is 6.26 Å². The van der Waals surface area contributed by atoms with Crippen LogP contribution in [0, 0.1) is 0 Å². The van der Waals surface area contributed by atoms with Crippen molar-refractivity contribution in [1.82, 2.24) is 9.62 Å². The van der Waals surface area contributed by atoms with Crippen LogP contribution in [-0.4, -0.2) is 51.9 Å². The van der Waals surface area contributed by atoms with Crippen LogP contribution in [-0.2, 0) is 14.8 Å². The SMILES string of the molecule is C[C@@H]1CO[C@H](c2ccccc2Cl)CN1CCCNS(C)(=O)=O. The normalized spacial score (nSPS) is 23.6. The van der Waals surface area contributed by atoms with E-state index in [9.17, 15) is 8.42 Å². The molecule has 124 valence electrons. The van der Waals surface area contributed by atoms with Gasteiger partial charge in [0.2, 0.25) is 10.0 Å². The van der Waals surface area contributed by atoms with E-state index in [-0.39, 0.29) is 6.10 Å². The number of halogens is 1. The summed E-state index contributed by atoms with van der Waals surface area (Å²) in [6.07, 6.45) is 1.91. The fourth-order valence-electron chi connectivity index (χ4n) is 2.58. The second-order valence-electron chi connectivity index (χ2n) is 5.71. The van der Waals surface area contributed by atoms with Crippen molar-refractivity contribution < 1.29 is 13.2 Å². The summed E-state index contributed by atoms with van der Waals surface area (Å²) in [6.45, 7) is 4.82. The summed E-state index contributed by atoms with van der Waals surface area (Å²) in [6, 6.07) is 8.05. The second-order valence-corrected chi connectivity index (χ2v) is 7.95. The zero-order chi connectivity index (χ0) is 16.2. The maximum atomic E-state index is 11.1. The lowest BCUT2D eigenvalue weighted by Gasteiger charge is -2.38. The van der Waals surface area contributed by atoms with Crippen LogP contribution >= 0.6 is 11.6 Å². The second kappa shape index (κ2) is 7.75. The van der Waals surface area contributed by atoms with Gasteiger partial charge in [-0.15, -0.1) is 0 Å². The number of benzene rings is 1. The van der Waals surface area contributed by atoms with E-state index in [2.05, 4.69) is 16.5 Å². The van der Waals surface area contributed by atoms with E-state index in [1.807, 2.05) is 24.3 Å². The number of nitrogens with zero attached hydrogens (tertiary/aromatic N) is 1. The molecule has 0 spiro atoms. The summed E-state index contributed by atoms with van der Waals surface area (Å²) < 4.78 is 30.6. The van der Waals surface area contributed by atoms with E-state index < -0.39 is 10.0 Å². The lowest BCUT2D eigenvalue weighted by molar-refractivity contribution is -0.0600. The summed E-state index contributed by atoms with van der Waals surface area (Å²) in [4.78, 5) is 2.32. The van der Waals surface area contributed by atoms with Gasteiger partial charge < -0.3 is 4.74 Å². The van der Waals surface area contributed by atoms with Crippen molar-refractivity contribution in [1.29, 1.82) is 0 Å². The molecule has 2 atom stereocenters. The minimum atomic E-state index is -3.11. The molecule has 0 bridgehead atoms. The van der Waals surface area contributed by atoms with Crippen LogP contribution in [0.15, 0.2) is 24.3 Å². The van der Waals surface area contributed by atoms with Crippen molar-refractivity contribution in [2.24, 2.45) is 0 Å². The Labute approximate surface area is 137 Å². The first-order chi connectivity index (χ1) is 10.4. The first-order valence-corrected chi connectivity index (χ1v) is 9.68. The van der Waals surface area contributed by atoms with Gasteiger partial charge in [-0.05, 0) is 26.0 Å². The van der Waals surface area contributed by atoms with Crippen LogP contribution in [0.4, 0.5) is 0 Å². The number of nitrogens with one attached hydrogen (secondary N) is 1. The van der Waals surface area contributed by atoms with Gasteiger partial charge in [-0.25, -0.2) is 13.1 Å². The minimum absolute atomic E-state index is 0.0345. The fraction of sp³-hybridized carbons (Fsp3) is 0.600. The number of hydrogen-bond acceptors (Lipinski definition) is 4. The molecule has 1 saturated heterocycles. The van der Waals surface area contributed by atoms with E-state index in [0.29, 0.717) is 19.2 Å². The molecule has 1 aliphatic rings. The molecule has 1 N–H and O–H groups in total. The average Bonchev–Trinajstić information content (AvgIpc) is 2.45. The molecular formula is C15H23ClN2O3S. The van der Waals surface area contributed by atoms with Crippen molar-refractivity contribution in [2.75, 3.05) is 32.5 Å². The predicted octanol–water partition coefficient (Wildman–Crippen LogP) is 2.04. The topological polar surface area (TPSA) is 58.6 Å². The third-order valence-corrected chi connectivity index (χ3v) is 4.87. The Kier molecular flexibility index (Phi) is 6.23. The Bertz CT molecular complexity index is 594. The highest BCUT2D eigenvalue weighted by atomic mass is 35.5. The standard InChI is InChI=1S/C15H23ClN2O3S/c1-12-11-21-15(13-6-3-4-7-14(13)16)10-18(12)9-5-8-17-22(2,19)20/h3-4,6-7,12,15,17H,5,8-11H2,1-2H3/t12-,15+/m1/s1. The molecule has 7 heteroatoms. The molecule has 2 rings (SSSR count). The van der Waals surface area contributed by atoms with Gasteiger partial charge in [-0.3, -0.25) is 4.90 Å². The molecule has 1 heterocycles. The molecule has 5 nitrogen and oxygen atoms in total. The maximum absolute atomic E-state index is 11.1. The number of ether oxygens (including phenoxy) is 1. The molecule has 1 aromatic rings. The van der Waals surface area contributed by atoms with Gasteiger partial charge in [0.1, 0.15) is 0 Å². The smallest absolute Gasteiger partial charge is 0.208 e. The summed E-state index contributed by atoms with van der Waals surface area (Å²) in [5, 5.41) is 0.723. The average molecular weight is 347 g/mol. The predicted molar refractivity (Wildman–Crippen MR) is 88.6 cm³/mol. The van der Waals surface area contributed by atoms with Gasteiger partial charge in [-0.1, -0.05) is 29.8 Å². The highest BCUT2D eigenvalue weighted by molar-refractivity contribution is 7.88. The number of sulfonamides is 1. The molecule has 0 aromatic heterocycles. The summed E-state index contributed by atoms with van der Waals surface area (Å²) in [7, 11) is -3.11. The molecule has 0 saturated carbocycles. The van der Waals surface area contributed by atoms with Crippen LogP contribution in [0.2, 0.25) is 5.02 Å². The van der Waals surface area contributed by atoms with E-state index >= 15 is 0 Å². The van der Waals surface area contributed by atoms with Crippen molar-refractivity contribution in [3.8, 4) is 0 Å². The van der Waals surface area contributed by atoms with Crippen LogP contribution in [0.25, 0.3) is 0 Å². The van der Waals surface area contributed by atoms with Crippen LogP contribution in [0.5, 0.6) is 0 Å². The monoisotopic (exact) mass is 346 g/mol. The Hall–Kier alpha value is -0.660.